The topological polar surface area (TPSA) is 61.4 Å². The molecule has 0 aliphatic carbocycles. The number of anilines is 1. The Morgan fingerprint density at radius 2 is 1.69 bits per heavy atom. The summed E-state index contributed by atoms with van der Waals surface area (Å²) >= 11 is 0. The van der Waals surface area contributed by atoms with E-state index in [0.29, 0.717) is 12.3 Å². The fraction of sp³-hybridized carbons (Fsp3) is 0.783. The summed E-state index contributed by atoms with van der Waals surface area (Å²) in [6.07, 6.45) is 9.16. The van der Waals surface area contributed by atoms with Gasteiger partial charge in [-0.15, -0.1) is 0 Å². The third-order valence-corrected chi connectivity index (χ3v) is 6.33. The van der Waals surface area contributed by atoms with Crippen LogP contribution < -0.4 is 10.2 Å². The summed E-state index contributed by atoms with van der Waals surface area (Å²) in [5, 5.41) is 3.24. The van der Waals surface area contributed by atoms with E-state index in [1.807, 2.05) is 19.9 Å². The molecule has 0 radical (unpaired) electrons. The van der Waals surface area contributed by atoms with Gasteiger partial charge in [0.2, 0.25) is 11.9 Å². The normalized spacial score (nSPS) is 20.3. The maximum absolute atomic E-state index is 12.5. The van der Waals surface area contributed by atoms with Gasteiger partial charge in [0, 0.05) is 43.5 Å². The molecular weight excluding hydrogens is 362 g/mol. The Bertz CT molecular complexity index is 628. The number of likely N-dealkylation sites (tertiary alicyclic amines) is 1. The van der Waals surface area contributed by atoms with Crippen molar-refractivity contribution in [3.05, 3.63) is 17.5 Å². The van der Waals surface area contributed by atoms with Gasteiger partial charge in [-0.3, -0.25) is 4.79 Å². The van der Waals surface area contributed by atoms with Gasteiger partial charge in [0.05, 0.1) is 0 Å². The zero-order valence-corrected chi connectivity index (χ0v) is 18.6. The average molecular weight is 402 g/mol. The summed E-state index contributed by atoms with van der Waals surface area (Å²) in [5.41, 5.74) is 2.03. The lowest BCUT2D eigenvalue weighted by molar-refractivity contribution is -0.122. The molecule has 162 valence electrons. The molecule has 29 heavy (non-hydrogen) atoms. The van der Waals surface area contributed by atoms with Crippen LogP contribution >= 0.6 is 0 Å². The molecule has 1 amide bonds. The van der Waals surface area contributed by atoms with E-state index in [4.69, 9.17) is 0 Å². The minimum Gasteiger partial charge on any atom is -0.354 e. The Labute approximate surface area is 176 Å². The first kappa shape index (κ1) is 22.0. The van der Waals surface area contributed by atoms with Crippen molar-refractivity contribution in [1.82, 2.24) is 20.2 Å². The number of nitrogens with one attached hydrogen (secondary N) is 1. The molecular formula is C23H39N5O. The molecule has 0 saturated carbocycles. The highest BCUT2D eigenvalue weighted by atomic mass is 16.1. The van der Waals surface area contributed by atoms with E-state index in [1.165, 1.54) is 38.8 Å². The highest BCUT2D eigenvalue weighted by Gasteiger charge is 2.24. The van der Waals surface area contributed by atoms with Crippen LogP contribution in [0.15, 0.2) is 6.07 Å². The minimum atomic E-state index is 0.217. The van der Waals surface area contributed by atoms with Gasteiger partial charge in [-0.25, -0.2) is 9.97 Å². The zero-order valence-electron chi connectivity index (χ0n) is 18.6. The minimum absolute atomic E-state index is 0.217. The maximum Gasteiger partial charge on any atom is 0.225 e. The first-order valence-electron chi connectivity index (χ1n) is 11.6. The van der Waals surface area contributed by atoms with Crippen LogP contribution in [0.3, 0.4) is 0 Å². The lowest BCUT2D eigenvalue weighted by Crippen LogP contribution is -2.39. The monoisotopic (exact) mass is 401 g/mol. The Balaban J connectivity index is 1.35. The predicted octanol–water partition coefficient (Wildman–Crippen LogP) is 3.47. The van der Waals surface area contributed by atoms with Crippen molar-refractivity contribution >= 4 is 11.9 Å². The molecule has 1 unspecified atom stereocenters. The Morgan fingerprint density at radius 1 is 1.07 bits per heavy atom. The summed E-state index contributed by atoms with van der Waals surface area (Å²) in [6, 6.07) is 2.27. The van der Waals surface area contributed by atoms with Gasteiger partial charge >= 0.3 is 0 Å². The fourth-order valence-electron chi connectivity index (χ4n) is 4.59. The zero-order chi connectivity index (χ0) is 20.6. The molecule has 1 aromatic heterocycles. The molecule has 2 fully saturated rings. The number of piperidine rings is 1. The first-order valence-corrected chi connectivity index (χ1v) is 11.6. The van der Waals surface area contributed by atoms with Crippen molar-refractivity contribution in [3.8, 4) is 0 Å². The molecule has 3 heterocycles. The Hall–Kier alpha value is -1.69. The van der Waals surface area contributed by atoms with Crippen molar-refractivity contribution < 1.29 is 4.79 Å². The summed E-state index contributed by atoms with van der Waals surface area (Å²) in [7, 11) is 0. The van der Waals surface area contributed by atoms with Crippen molar-refractivity contribution in [2.45, 2.75) is 78.2 Å². The molecule has 1 aromatic rings. The van der Waals surface area contributed by atoms with Crippen LogP contribution in [-0.2, 0) is 4.79 Å². The van der Waals surface area contributed by atoms with E-state index in [0.717, 1.165) is 56.2 Å². The molecule has 0 aromatic carbocycles. The SMILES string of the molecule is Cc1cc(C)nc(N2CCC(CC(=O)NC(C)CCN3CCCCCC3)CC2)n1. The van der Waals surface area contributed by atoms with Gasteiger partial charge in [-0.2, -0.15) is 0 Å². The van der Waals surface area contributed by atoms with Gasteiger partial charge in [0.1, 0.15) is 0 Å². The second-order valence-corrected chi connectivity index (χ2v) is 9.10. The van der Waals surface area contributed by atoms with Crippen LogP contribution in [0.25, 0.3) is 0 Å². The number of carbonyl (C=O) groups is 1. The van der Waals surface area contributed by atoms with Crippen LogP contribution in [0.5, 0.6) is 0 Å². The fourth-order valence-corrected chi connectivity index (χ4v) is 4.59. The van der Waals surface area contributed by atoms with E-state index in [9.17, 15) is 4.79 Å². The van der Waals surface area contributed by atoms with E-state index >= 15 is 0 Å². The van der Waals surface area contributed by atoms with Crippen molar-refractivity contribution in [2.24, 2.45) is 5.92 Å². The number of rotatable bonds is 7. The van der Waals surface area contributed by atoms with Gasteiger partial charge in [0.25, 0.3) is 0 Å². The molecule has 2 saturated heterocycles. The van der Waals surface area contributed by atoms with Gasteiger partial charge in [0.15, 0.2) is 0 Å². The molecule has 3 rings (SSSR count). The molecule has 0 bridgehead atoms. The maximum atomic E-state index is 12.5. The number of aryl methyl sites for hydroxylation is 2. The summed E-state index contributed by atoms with van der Waals surface area (Å²) < 4.78 is 0. The lowest BCUT2D eigenvalue weighted by Gasteiger charge is -2.32. The molecule has 6 nitrogen and oxygen atoms in total. The number of carbonyl (C=O) groups excluding carboxylic acids is 1. The molecule has 1 N–H and O–H groups in total. The van der Waals surface area contributed by atoms with Crippen molar-refractivity contribution in [2.75, 3.05) is 37.6 Å². The van der Waals surface area contributed by atoms with Crippen LogP contribution in [0, 0.1) is 19.8 Å². The summed E-state index contributed by atoms with van der Waals surface area (Å²) in [6.45, 7) is 11.6. The largest absolute Gasteiger partial charge is 0.354 e. The predicted molar refractivity (Wildman–Crippen MR) is 118 cm³/mol. The second-order valence-electron chi connectivity index (χ2n) is 9.10. The quantitative estimate of drug-likeness (QED) is 0.758. The van der Waals surface area contributed by atoms with E-state index < -0.39 is 0 Å². The van der Waals surface area contributed by atoms with Crippen LogP contribution in [-0.4, -0.2) is 59.5 Å². The van der Waals surface area contributed by atoms with E-state index in [2.05, 4.69) is 32.0 Å². The van der Waals surface area contributed by atoms with E-state index in [-0.39, 0.29) is 11.9 Å². The second kappa shape index (κ2) is 10.9. The Morgan fingerprint density at radius 3 is 2.31 bits per heavy atom. The smallest absolute Gasteiger partial charge is 0.225 e. The lowest BCUT2D eigenvalue weighted by atomic mass is 9.93. The van der Waals surface area contributed by atoms with E-state index in [1.54, 1.807) is 0 Å². The molecule has 2 aliphatic rings. The molecule has 2 aliphatic heterocycles. The number of hydrogen-bond acceptors (Lipinski definition) is 5. The van der Waals surface area contributed by atoms with Crippen LogP contribution in [0.1, 0.15) is 69.7 Å². The number of amides is 1. The van der Waals surface area contributed by atoms with Crippen LogP contribution in [0.4, 0.5) is 5.95 Å². The highest BCUT2D eigenvalue weighted by Crippen LogP contribution is 2.23. The molecule has 0 spiro atoms. The summed E-state index contributed by atoms with van der Waals surface area (Å²) in [5.74, 6) is 1.52. The Kier molecular flexibility index (Phi) is 8.28. The highest BCUT2D eigenvalue weighted by molar-refractivity contribution is 5.76. The standard InChI is InChI=1S/C23H39N5O/c1-18(8-13-27-11-6-4-5-7-12-27)24-22(29)17-21-9-14-28(15-10-21)23-25-19(2)16-20(3)26-23/h16,18,21H,4-15,17H2,1-3H3,(H,24,29). The number of aromatic nitrogens is 2. The van der Waals surface area contributed by atoms with Crippen molar-refractivity contribution in [3.63, 3.8) is 0 Å². The van der Waals surface area contributed by atoms with Gasteiger partial charge in [-0.1, -0.05) is 12.8 Å². The molecule has 6 heteroatoms. The van der Waals surface area contributed by atoms with Gasteiger partial charge < -0.3 is 15.1 Å². The number of hydrogen-bond donors (Lipinski definition) is 1. The first-order chi connectivity index (χ1) is 14.0. The summed E-state index contributed by atoms with van der Waals surface area (Å²) in [4.78, 5) is 26.5. The number of nitrogens with zero attached hydrogens (tertiary/aromatic N) is 4. The molecule has 1 atom stereocenters. The van der Waals surface area contributed by atoms with Gasteiger partial charge in [-0.05, 0) is 77.9 Å². The average Bonchev–Trinajstić information content (AvgIpc) is 2.95. The third kappa shape index (κ3) is 7.25. The van der Waals surface area contributed by atoms with Crippen LogP contribution in [0.2, 0.25) is 0 Å². The van der Waals surface area contributed by atoms with Crippen molar-refractivity contribution in [1.29, 1.82) is 0 Å². The third-order valence-electron chi connectivity index (χ3n) is 6.33.